The largest absolute Gasteiger partial charge is 0.457 e. The topological polar surface area (TPSA) is 49.4 Å². The Labute approximate surface area is 327 Å². The first kappa shape index (κ1) is 33.5. The smallest absolute Gasteiger partial charge is 0.133 e. The van der Waals surface area contributed by atoms with Gasteiger partial charge in [-0.1, -0.05) is 129 Å². The van der Waals surface area contributed by atoms with Crippen LogP contribution in [0.25, 0.3) is 33.4 Å². The Bertz CT molecular complexity index is 2760. The molecule has 0 unspecified atom stereocenters. The minimum Gasteiger partial charge on any atom is -0.457 e. The van der Waals surface area contributed by atoms with E-state index in [1.54, 1.807) is 0 Å². The first-order valence-electron chi connectivity index (χ1n) is 19.1. The predicted octanol–water partition coefficient (Wildman–Crippen LogP) is 13.7. The van der Waals surface area contributed by atoms with Gasteiger partial charge in [0.2, 0.25) is 0 Å². The van der Waals surface area contributed by atoms with Crippen molar-refractivity contribution in [1.82, 2.24) is 4.98 Å². The number of fused-ring (bicyclic) bond motifs is 13. The second-order valence-electron chi connectivity index (χ2n) is 15.1. The van der Waals surface area contributed by atoms with Gasteiger partial charge in [0, 0.05) is 46.1 Å². The number of nitrogens with zero attached hydrogens (tertiary/aromatic N) is 2. The zero-order valence-corrected chi connectivity index (χ0v) is 31.3. The van der Waals surface area contributed by atoms with Crippen LogP contribution in [0.5, 0.6) is 11.5 Å². The molecule has 10 rings (SSSR count). The molecule has 0 atom stereocenters. The number of ether oxygens (including phenoxy) is 1. The van der Waals surface area contributed by atoms with Gasteiger partial charge in [0.15, 0.2) is 0 Å². The van der Waals surface area contributed by atoms with Gasteiger partial charge in [0.05, 0.1) is 29.3 Å². The number of hydrogen-bond donors (Lipinski definition) is 2. The third-order valence-electron chi connectivity index (χ3n) is 11.2. The highest BCUT2D eigenvalue weighted by Crippen LogP contribution is 2.46. The van der Waals surface area contributed by atoms with Crippen LogP contribution < -0.4 is 20.3 Å². The lowest BCUT2D eigenvalue weighted by atomic mass is 9.77. The normalized spacial score (nSPS) is 13.6. The predicted molar refractivity (Wildman–Crippen MR) is 231 cm³/mol. The Kier molecular flexibility index (Phi) is 8.14. The van der Waals surface area contributed by atoms with Crippen molar-refractivity contribution < 1.29 is 4.74 Å². The van der Waals surface area contributed by atoms with E-state index in [0.29, 0.717) is 6.54 Å². The van der Waals surface area contributed by atoms with Crippen LogP contribution in [-0.4, -0.2) is 4.98 Å². The van der Waals surface area contributed by atoms with E-state index in [4.69, 9.17) is 9.72 Å². The van der Waals surface area contributed by atoms with Crippen LogP contribution in [0.2, 0.25) is 0 Å². The number of pyridine rings is 1. The third-order valence-corrected chi connectivity index (χ3v) is 11.2. The first-order chi connectivity index (χ1) is 27.5. The van der Waals surface area contributed by atoms with Crippen LogP contribution in [0.15, 0.2) is 182 Å². The van der Waals surface area contributed by atoms with Gasteiger partial charge in [-0.15, -0.1) is 0 Å². The third kappa shape index (κ3) is 6.04. The van der Waals surface area contributed by atoms with E-state index in [9.17, 15) is 0 Å². The SMILES string of the molecule is CC1(C)c2cccc(c2)-c2cccc(-c3ccccc3)c2Nc2ccccc2Nc2cccc(c2)Oc2ccc3c(c2)N(Cc2ccccc2-3)c2cc1ccn2. The monoisotopic (exact) mass is 724 g/mol. The molecular weight excluding hydrogens is 685 g/mol. The van der Waals surface area contributed by atoms with Crippen molar-refractivity contribution in [2.24, 2.45) is 0 Å². The number of anilines is 6. The average molecular weight is 725 g/mol. The highest BCUT2D eigenvalue weighted by atomic mass is 16.5. The zero-order chi connectivity index (χ0) is 37.6. The summed E-state index contributed by atoms with van der Waals surface area (Å²) in [7, 11) is 0. The van der Waals surface area contributed by atoms with Crippen molar-refractivity contribution in [3.8, 4) is 44.9 Å². The molecule has 3 heterocycles. The van der Waals surface area contributed by atoms with Crippen molar-refractivity contribution in [1.29, 1.82) is 0 Å². The van der Waals surface area contributed by atoms with Crippen molar-refractivity contribution in [2.45, 2.75) is 25.8 Å². The summed E-state index contributed by atoms with van der Waals surface area (Å²) >= 11 is 0. The van der Waals surface area contributed by atoms with Gasteiger partial charge < -0.3 is 20.3 Å². The van der Waals surface area contributed by atoms with Gasteiger partial charge in [-0.25, -0.2) is 4.98 Å². The molecular formula is C51H40N4O. The summed E-state index contributed by atoms with van der Waals surface area (Å²) in [5.74, 6) is 2.40. The van der Waals surface area contributed by atoms with E-state index >= 15 is 0 Å². The average Bonchev–Trinajstić information content (AvgIpc) is 3.24. The number of hydrogen-bond acceptors (Lipinski definition) is 5. The molecule has 56 heavy (non-hydrogen) atoms. The fraction of sp³-hybridized carbons (Fsp3) is 0.0784. The fourth-order valence-corrected chi connectivity index (χ4v) is 8.15. The van der Waals surface area contributed by atoms with Gasteiger partial charge >= 0.3 is 0 Å². The maximum absolute atomic E-state index is 6.63. The molecule has 0 amide bonds. The Balaban J connectivity index is 1.18. The van der Waals surface area contributed by atoms with Crippen molar-refractivity contribution in [2.75, 3.05) is 15.5 Å². The summed E-state index contributed by atoms with van der Waals surface area (Å²) in [6.45, 7) is 5.31. The number of nitrogens with one attached hydrogen (secondary N) is 2. The summed E-state index contributed by atoms with van der Waals surface area (Å²) in [5.41, 5.74) is 15.2. The second-order valence-corrected chi connectivity index (χ2v) is 15.1. The summed E-state index contributed by atoms with van der Waals surface area (Å²) < 4.78 is 6.63. The molecule has 0 aliphatic carbocycles. The maximum Gasteiger partial charge on any atom is 0.133 e. The van der Waals surface area contributed by atoms with E-state index in [-0.39, 0.29) is 5.41 Å². The van der Waals surface area contributed by atoms with E-state index in [1.165, 1.54) is 22.3 Å². The van der Waals surface area contributed by atoms with Gasteiger partial charge in [0.25, 0.3) is 0 Å². The molecule has 1 aromatic heterocycles. The molecule has 2 N–H and O–H groups in total. The van der Waals surface area contributed by atoms with Gasteiger partial charge in [-0.05, 0) is 81.9 Å². The van der Waals surface area contributed by atoms with Crippen LogP contribution in [-0.2, 0) is 12.0 Å². The number of para-hydroxylation sites is 3. The summed E-state index contributed by atoms with van der Waals surface area (Å²) in [5, 5.41) is 7.60. The summed E-state index contributed by atoms with van der Waals surface area (Å²) in [4.78, 5) is 7.32. The summed E-state index contributed by atoms with van der Waals surface area (Å²) in [6, 6.07) is 62.2. The highest BCUT2D eigenvalue weighted by molar-refractivity contribution is 5.95. The maximum atomic E-state index is 6.63. The van der Waals surface area contributed by atoms with Crippen LogP contribution in [0.3, 0.4) is 0 Å². The van der Waals surface area contributed by atoms with Crippen molar-refractivity contribution >= 4 is 34.3 Å². The number of aromatic nitrogens is 1. The number of benzene rings is 7. The molecule has 5 heteroatoms. The Morgan fingerprint density at radius 3 is 2.09 bits per heavy atom. The van der Waals surface area contributed by atoms with Crippen LogP contribution in [0.4, 0.5) is 34.3 Å². The van der Waals surface area contributed by atoms with E-state index < -0.39 is 0 Å². The first-order valence-corrected chi connectivity index (χ1v) is 19.1. The lowest BCUT2D eigenvalue weighted by Crippen LogP contribution is -2.24. The molecule has 8 bridgehead atoms. The molecule has 0 saturated heterocycles. The Hall–Kier alpha value is -7.11. The highest BCUT2D eigenvalue weighted by Gasteiger charge is 2.29. The van der Waals surface area contributed by atoms with E-state index in [0.717, 1.165) is 73.6 Å². The molecule has 0 fully saturated rings. The quantitative estimate of drug-likeness (QED) is 0.177. The molecule has 2 aliphatic rings. The Morgan fingerprint density at radius 2 is 1.21 bits per heavy atom. The molecule has 2 aliphatic heterocycles. The molecule has 0 radical (unpaired) electrons. The fourth-order valence-electron chi connectivity index (χ4n) is 8.15. The molecule has 0 spiro atoms. The van der Waals surface area contributed by atoms with Gasteiger partial charge in [-0.3, -0.25) is 0 Å². The van der Waals surface area contributed by atoms with Crippen molar-refractivity contribution in [3.05, 3.63) is 199 Å². The lowest BCUT2D eigenvalue weighted by molar-refractivity contribution is 0.483. The molecule has 0 saturated carbocycles. The van der Waals surface area contributed by atoms with Crippen LogP contribution in [0, 0.1) is 0 Å². The second kappa shape index (κ2) is 13.6. The standard InChI is InChI=1S/C51H40N4O/c1-51(2)37-17-10-16-35(29-37)44-22-12-21-43(34-13-4-3-5-14-34)50(44)54-47-24-9-8-23-46(47)53-39-18-11-19-40(31-39)56-41-25-26-45-42-20-7-6-15-36(42)33-55(48(45)32-41)49-30-38(51)27-28-52-49/h3-32,53-54H,33H2,1-2H3. The molecule has 270 valence electrons. The molecule has 8 aromatic rings. The zero-order valence-electron chi connectivity index (χ0n) is 31.3. The van der Waals surface area contributed by atoms with Gasteiger partial charge in [0.1, 0.15) is 17.3 Å². The summed E-state index contributed by atoms with van der Waals surface area (Å²) in [6.07, 6.45) is 1.95. The molecule has 5 nitrogen and oxygen atoms in total. The van der Waals surface area contributed by atoms with E-state index in [2.05, 4.69) is 187 Å². The van der Waals surface area contributed by atoms with Gasteiger partial charge in [-0.2, -0.15) is 0 Å². The Morgan fingerprint density at radius 1 is 0.536 bits per heavy atom. The lowest BCUT2D eigenvalue weighted by Gasteiger charge is -2.34. The minimum atomic E-state index is -0.334. The van der Waals surface area contributed by atoms with Crippen molar-refractivity contribution in [3.63, 3.8) is 0 Å². The van der Waals surface area contributed by atoms with Crippen LogP contribution in [0.1, 0.15) is 30.5 Å². The van der Waals surface area contributed by atoms with Crippen LogP contribution >= 0.6 is 0 Å². The number of rotatable bonds is 1. The molecule has 7 aromatic carbocycles. The minimum absolute atomic E-state index is 0.334. The van der Waals surface area contributed by atoms with E-state index in [1.807, 2.05) is 24.4 Å².